The maximum absolute atomic E-state index is 14.0. The second kappa shape index (κ2) is 10.4. The van der Waals surface area contributed by atoms with Gasteiger partial charge in [-0.05, 0) is 54.2 Å². The molecule has 1 saturated heterocycles. The first-order valence-electron chi connectivity index (χ1n) is 11.1. The zero-order chi connectivity index (χ0) is 22.5. The van der Waals surface area contributed by atoms with Gasteiger partial charge >= 0.3 is 5.97 Å². The smallest absolute Gasteiger partial charge is 0.307 e. The summed E-state index contributed by atoms with van der Waals surface area (Å²) in [7, 11) is 1.66. The Hall–Kier alpha value is -2.58. The van der Waals surface area contributed by atoms with Crippen LogP contribution in [-0.2, 0) is 33.9 Å². The van der Waals surface area contributed by atoms with E-state index in [0.717, 1.165) is 43.0 Å². The predicted octanol–water partition coefficient (Wildman–Crippen LogP) is 3.46. The lowest BCUT2D eigenvalue weighted by Crippen LogP contribution is -2.35. The van der Waals surface area contributed by atoms with Crippen LogP contribution in [0.4, 0.5) is 10.3 Å². The van der Waals surface area contributed by atoms with Gasteiger partial charge in [-0.15, -0.1) is 0 Å². The van der Waals surface area contributed by atoms with E-state index in [4.69, 9.17) is 14.6 Å². The minimum absolute atomic E-state index is 0.200. The first-order valence-corrected chi connectivity index (χ1v) is 11.1. The first-order chi connectivity index (χ1) is 15.5. The van der Waals surface area contributed by atoms with Gasteiger partial charge in [-0.25, -0.2) is 14.4 Å². The molecular weight excluding hydrogens is 413 g/mol. The Morgan fingerprint density at radius 3 is 2.59 bits per heavy atom. The van der Waals surface area contributed by atoms with Crippen molar-refractivity contribution in [3.05, 3.63) is 53.1 Å². The van der Waals surface area contributed by atoms with Crippen LogP contribution in [0.2, 0.25) is 0 Å². The predicted molar refractivity (Wildman–Crippen MR) is 117 cm³/mol. The average molecular weight is 444 g/mol. The SMILES string of the molecule is COCc1cnc(N2CCC([C@H]3C[C@H]3COCc3ccc(CC(=O)O)c(F)c3)CC2)nc1. The topological polar surface area (TPSA) is 84.8 Å². The summed E-state index contributed by atoms with van der Waals surface area (Å²) >= 11 is 0. The molecule has 0 amide bonds. The number of hydrogen-bond donors (Lipinski definition) is 1. The molecule has 0 spiro atoms. The van der Waals surface area contributed by atoms with Gasteiger partial charge in [0, 0.05) is 38.2 Å². The Morgan fingerprint density at radius 2 is 1.94 bits per heavy atom. The number of carboxylic acids is 1. The molecule has 1 aliphatic heterocycles. The zero-order valence-corrected chi connectivity index (χ0v) is 18.4. The van der Waals surface area contributed by atoms with Gasteiger partial charge in [0.15, 0.2) is 0 Å². The van der Waals surface area contributed by atoms with Crippen LogP contribution in [-0.4, -0.2) is 47.8 Å². The second-order valence-corrected chi connectivity index (χ2v) is 8.82. The van der Waals surface area contributed by atoms with Gasteiger partial charge in [0.05, 0.1) is 26.2 Å². The molecule has 1 N–H and O–H groups in total. The molecule has 1 aromatic heterocycles. The van der Waals surface area contributed by atoms with E-state index in [1.807, 2.05) is 12.4 Å². The van der Waals surface area contributed by atoms with Gasteiger partial charge in [-0.2, -0.15) is 0 Å². The Labute approximate surface area is 187 Å². The minimum Gasteiger partial charge on any atom is -0.481 e. The summed E-state index contributed by atoms with van der Waals surface area (Å²) in [6.45, 7) is 3.51. The van der Waals surface area contributed by atoms with E-state index in [2.05, 4.69) is 14.9 Å². The summed E-state index contributed by atoms with van der Waals surface area (Å²) in [5.41, 5.74) is 1.91. The Balaban J connectivity index is 1.17. The van der Waals surface area contributed by atoms with E-state index in [1.54, 1.807) is 13.2 Å². The molecule has 0 unspecified atom stereocenters. The molecule has 0 radical (unpaired) electrons. The van der Waals surface area contributed by atoms with Crippen molar-refractivity contribution in [2.24, 2.45) is 17.8 Å². The molecule has 1 aromatic carbocycles. The molecule has 1 aliphatic carbocycles. The number of methoxy groups -OCH3 is 1. The third-order valence-corrected chi connectivity index (χ3v) is 6.47. The largest absolute Gasteiger partial charge is 0.481 e. The van der Waals surface area contributed by atoms with Gasteiger partial charge in [-0.1, -0.05) is 12.1 Å². The lowest BCUT2D eigenvalue weighted by molar-refractivity contribution is -0.136. The molecule has 172 valence electrons. The standard InChI is InChI=1S/C24H30FN3O4/c1-31-13-17-11-26-24(27-12-17)28-6-4-18(5-7-28)21-9-20(21)15-32-14-16-2-3-19(10-23(29)30)22(25)8-16/h2-3,8,11-12,18,20-21H,4-7,9-10,13-15H2,1H3,(H,29,30)/t20-,21+/m0/s1. The van der Waals surface area contributed by atoms with E-state index in [9.17, 15) is 9.18 Å². The minimum atomic E-state index is -1.04. The van der Waals surface area contributed by atoms with Crippen molar-refractivity contribution < 1.29 is 23.8 Å². The molecule has 2 aliphatic rings. The van der Waals surface area contributed by atoms with Crippen molar-refractivity contribution in [3.8, 4) is 0 Å². The highest BCUT2D eigenvalue weighted by Gasteiger charge is 2.43. The van der Waals surface area contributed by atoms with Crippen LogP contribution < -0.4 is 4.90 Å². The van der Waals surface area contributed by atoms with Crippen LogP contribution >= 0.6 is 0 Å². The van der Waals surface area contributed by atoms with Crippen molar-refractivity contribution in [1.29, 1.82) is 0 Å². The number of piperidine rings is 1. The Kier molecular flexibility index (Phi) is 7.32. The summed E-state index contributed by atoms with van der Waals surface area (Å²) in [4.78, 5) is 21.9. The lowest BCUT2D eigenvalue weighted by atomic mass is 9.91. The average Bonchev–Trinajstić information content (AvgIpc) is 3.56. The van der Waals surface area contributed by atoms with Crippen molar-refractivity contribution in [1.82, 2.24) is 9.97 Å². The van der Waals surface area contributed by atoms with Crippen LogP contribution in [0, 0.1) is 23.6 Å². The zero-order valence-electron chi connectivity index (χ0n) is 18.4. The van der Waals surface area contributed by atoms with E-state index in [1.165, 1.54) is 18.6 Å². The highest BCUT2D eigenvalue weighted by molar-refractivity contribution is 5.70. The molecule has 1 saturated carbocycles. The molecule has 4 rings (SSSR count). The summed E-state index contributed by atoms with van der Waals surface area (Å²) in [5.74, 6) is 1.26. The van der Waals surface area contributed by atoms with E-state index in [0.29, 0.717) is 37.6 Å². The number of hydrogen-bond acceptors (Lipinski definition) is 6. The molecule has 2 aromatic rings. The van der Waals surface area contributed by atoms with E-state index >= 15 is 0 Å². The van der Waals surface area contributed by atoms with Gasteiger partial charge in [0.25, 0.3) is 0 Å². The highest BCUT2D eigenvalue weighted by Crippen LogP contribution is 2.48. The van der Waals surface area contributed by atoms with E-state index < -0.39 is 11.8 Å². The fraction of sp³-hybridized carbons (Fsp3) is 0.542. The molecule has 2 atom stereocenters. The van der Waals surface area contributed by atoms with Crippen LogP contribution in [0.3, 0.4) is 0 Å². The molecule has 2 fully saturated rings. The number of benzene rings is 1. The van der Waals surface area contributed by atoms with Crippen molar-refractivity contribution >= 4 is 11.9 Å². The molecule has 8 heteroatoms. The molecule has 7 nitrogen and oxygen atoms in total. The van der Waals surface area contributed by atoms with Gasteiger partial charge in [-0.3, -0.25) is 4.79 Å². The highest BCUT2D eigenvalue weighted by atomic mass is 19.1. The van der Waals surface area contributed by atoms with Gasteiger partial charge in [0.2, 0.25) is 5.95 Å². The molecular formula is C24H30FN3O4. The maximum Gasteiger partial charge on any atom is 0.307 e. The van der Waals surface area contributed by atoms with Crippen molar-refractivity contribution in [2.75, 3.05) is 31.7 Å². The number of aliphatic carboxylic acids is 1. The molecule has 0 bridgehead atoms. The number of carbonyl (C=O) groups is 1. The lowest BCUT2D eigenvalue weighted by Gasteiger charge is -2.32. The summed E-state index contributed by atoms with van der Waals surface area (Å²) in [5, 5.41) is 8.80. The number of rotatable bonds is 10. The third kappa shape index (κ3) is 5.81. The second-order valence-electron chi connectivity index (χ2n) is 8.82. The summed E-state index contributed by atoms with van der Waals surface area (Å²) in [6.07, 6.45) is 6.83. The maximum atomic E-state index is 14.0. The van der Waals surface area contributed by atoms with Crippen molar-refractivity contribution in [2.45, 2.75) is 38.9 Å². The quantitative estimate of drug-likeness (QED) is 0.602. The third-order valence-electron chi connectivity index (χ3n) is 6.47. The number of aromatic nitrogens is 2. The number of carboxylic acid groups (broad SMARTS) is 1. The van der Waals surface area contributed by atoms with Crippen LogP contribution in [0.25, 0.3) is 0 Å². The van der Waals surface area contributed by atoms with Crippen molar-refractivity contribution in [3.63, 3.8) is 0 Å². The number of halogens is 1. The fourth-order valence-corrected chi connectivity index (χ4v) is 4.64. The summed E-state index contributed by atoms with van der Waals surface area (Å²) in [6, 6.07) is 4.65. The van der Waals surface area contributed by atoms with Gasteiger partial charge < -0.3 is 19.5 Å². The number of anilines is 1. The van der Waals surface area contributed by atoms with Gasteiger partial charge in [0.1, 0.15) is 5.82 Å². The number of ether oxygens (including phenoxy) is 2. The molecule has 2 heterocycles. The number of nitrogens with zero attached hydrogens (tertiary/aromatic N) is 3. The van der Waals surface area contributed by atoms with Crippen LogP contribution in [0.1, 0.15) is 36.0 Å². The molecule has 32 heavy (non-hydrogen) atoms. The first kappa shape index (κ1) is 22.6. The van der Waals surface area contributed by atoms with Crippen LogP contribution in [0.15, 0.2) is 30.6 Å². The Bertz CT molecular complexity index is 916. The monoisotopic (exact) mass is 443 g/mol. The van der Waals surface area contributed by atoms with Crippen LogP contribution in [0.5, 0.6) is 0 Å². The van der Waals surface area contributed by atoms with E-state index in [-0.39, 0.29) is 12.0 Å². The summed E-state index contributed by atoms with van der Waals surface area (Å²) < 4.78 is 24.9. The Morgan fingerprint density at radius 1 is 1.19 bits per heavy atom. The normalized spacial score (nSPS) is 21.0. The fourth-order valence-electron chi connectivity index (χ4n) is 4.64.